The number of nitrogens with one attached hydrogen (secondary N) is 1. The Hall–Kier alpha value is -1.10. The third-order valence-corrected chi connectivity index (χ3v) is 4.62. The first-order valence-corrected chi connectivity index (χ1v) is 7.38. The van der Waals surface area contributed by atoms with Gasteiger partial charge in [0.05, 0.1) is 0 Å². The highest BCUT2D eigenvalue weighted by atomic mass is 16.4. The van der Waals surface area contributed by atoms with Crippen LogP contribution in [0.2, 0.25) is 0 Å². The largest absolute Gasteiger partial charge is 0.480 e. The summed E-state index contributed by atoms with van der Waals surface area (Å²) in [6, 6.07) is 0.173. The first-order chi connectivity index (χ1) is 9.09. The molecule has 0 bridgehead atoms. The molecule has 0 aromatic carbocycles. The summed E-state index contributed by atoms with van der Waals surface area (Å²) in [6.07, 6.45) is 6.17. The van der Waals surface area contributed by atoms with Crippen molar-refractivity contribution in [1.29, 1.82) is 0 Å². The van der Waals surface area contributed by atoms with E-state index in [4.69, 9.17) is 0 Å². The second kappa shape index (κ2) is 4.78. The van der Waals surface area contributed by atoms with Gasteiger partial charge in [-0.15, -0.1) is 0 Å². The van der Waals surface area contributed by atoms with Crippen LogP contribution >= 0.6 is 0 Å². The zero-order chi connectivity index (χ0) is 13.5. The summed E-state index contributed by atoms with van der Waals surface area (Å²) < 4.78 is 0. The highest BCUT2D eigenvalue weighted by Crippen LogP contribution is 2.37. The lowest BCUT2D eigenvalue weighted by Gasteiger charge is -2.22. The van der Waals surface area contributed by atoms with Crippen LogP contribution in [0, 0.1) is 5.92 Å². The molecule has 5 nitrogen and oxygen atoms in total. The maximum Gasteiger partial charge on any atom is 0.323 e. The maximum atomic E-state index is 12.0. The molecule has 106 valence electrons. The number of carboxylic acid groups (broad SMARTS) is 1. The average Bonchev–Trinajstić information content (AvgIpc) is 3.22. The molecule has 0 unspecified atom stereocenters. The van der Waals surface area contributed by atoms with Crippen molar-refractivity contribution in [3.05, 3.63) is 0 Å². The van der Waals surface area contributed by atoms with E-state index in [9.17, 15) is 14.7 Å². The summed E-state index contributed by atoms with van der Waals surface area (Å²) in [5, 5.41) is 12.5. The molecule has 1 amide bonds. The fourth-order valence-electron chi connectivity index (χ4n) is 2.92. The van der Waals surface area contributed by atoms with Crippen LogP contribution in [0.4, 0.5) is 0 Å². The number of carboxylic acids is 1. The Bertz CT molecular complexity index is 388. The van der Waals surface area contributed by atoms with E-state index < -0.39 is 11.5 Å². The lowest BCUT2D eigenvalue weighted by Crippen LogP contribution is -2.45. The van der Waals surface area contributed by atoms with Crippen molar-refractivity contribution in [1.82, 2.24) is 10.2 Å². The summed E-state index contributed by atoms with van der Waals surface area (Å²) in [5.41, 5.74) is -0.681. The van der Waals surface area contributed by atoms with Crippen LogP contribution in [0.3, 0.4) is 0 Å². The van der Waals surface area contributed by atoms with Gasteiger partial charge in [0.15, 0.2) is 0 Å². The predicted molar refractivity (Wildman–Crippen MR) is 69.7 cm³/mol. The zero-order valence-corrected chi connectivity index (χ0v) is 11.2. The fourth-order valence-corrected chi connectivity index (χ4v) is 2.92. The number of carbonyl (C=O) groups excluding carboxylic acids is 1. The van der Waals surface area contributed by atoms with E-state index in [2.05, 4.69) is 5.32 Å². The molecule has 1 aliphatic heterocycles. The highest BCUT2D eigenvalue weighted by Gasteiger charge is 2.51. The van der Waals surface area contributed by atoms with Crippen molar-refractivity contribution >= 4 is 11.9 Å². The van der Waals surface area contributed by atoms with Gasteiger partial charge in [0.25, 0.3) is 0 Å². The quantitative estimate of drug-likeness (QED) is 0.778. The number of likely N-dealkylation sites (tertiary alicyclic amines) is 1. The van der Waals surface area contributed by atoms with Gasteiger partial charge in [0, 0.05) is 25.6 Å². The number of aliphatic carboxylic acids is 1. The van der Waals surface area contributed by atoms with Crippen molar-refractivity contribution < 1.29 is 14.7 Å². The number of nitrogens with zero attached hydrogens (tertiary/aromatic N) is 1. The summed E-state index contributed by atoms with van der Waals surface area (Å²) in [6.45, 7) is 1.69. The zero-order valence-electron chi connectivity index (χ0n) is 11.2. The Kier molecular flexibility index (Phi) is 3.25. The maximum absolute atomic E-state index is 12.0. The number of hydrogen-bond donors (Lipinski definition) is 2. The molecule has 1 saturated heterocycles. The second-order valence-electron chi connectivity index (χ2n) is 6.34. The molecule has 3 rings (SSSR count). The molecule has 5 heteroatoms. The van der Waals surface area contributed by atoms with E-state index in [0.717, 1.165) is 44.7 Å². The van der Waals surface area contributed by atoms with Crippen LogP contribution in [0.25, 0.3) is 0 Å². The van der Waals surface area contributed by atoms with Crippen LogP contribution in [0.5, 0.6) is 0 Å². The summed E-state index contributed by atoms with van der Waals surface area (Å²) in [4.78, 5) is 25.2. The molecule has 2 N–H and O–H groups in total. The van der Waals surface area contributed by atoms with Gasteiger partial charge in [-0.25, -0.2) is 0 Å². The minimum absolute atomic E-state index is 0.173. The topological polar surface area (TPSA) is 69.6 Å². The van der Waals surface area contributed by atoms with Gasteiger partial charge in [-0.3, -0.25) is 14.9 Å². The third-order valence-electron chi connectivity index (χ3n) is 4.62. The molecular weight excluding hydrogens is 244 g/mol. The Balaban J connectivity index is 1.54. The minimum atomic E-state index is -0.738. The van der Waals surface area contributed by atoms with E-state index in [-0.39, 0.29) is 11.9 Å². The minimum Gasteiger partial charge on any atom is -0.480 e. The van der Waals surface area contributed by atoms with Gasteiger partial charge < -0.3 is 10.0 Å². The second-order valence-corrected chi connectivity index (χ2v) is 6.34. The van der Waals surface area contributed by atoms with Crippen molar-refractivity contribution in [3.8, 4) is 0 Å². The van der Waals surface area contributed by atoms with Crippen LogP contribution in [-0.2, 0) is 9.59 Å². The smallest absolute Gasteiger partial charge is 0.323 e. The van der Waals surface area contributed by atoms with E-state index >= 15 is 0 Å². The molecule has 0 aromatic rings. The molecule has 3 aliphatic rings. The van der Waals surface area contributed by atoms with Crippen LogP contribution in [0.1, 0.15) is 44.9 Å². The molecule has 0 radical (unpaired) electrons. The van der Waals surface area contributed by atoms with Crippen molar-refractivity contribution in [3.63, 3.8) is 0 Å². The first-order valence-electron chi connectivity index (χ1n) is 7.38. The van der Waals surface area contributed by atoms with Crippen LogP contribution < -0.4 is 5.32 Å². The standard InChI is InChI=1S/C14H22N2O3/c17-12-4-3-11(15-14(6-7-14)13(18)19)5-8-16(12)9-10-1-2-10/h10-11,15H,1-9H2,(H,18,19)/t11-/m1/s1. The molecule has 1 heterocycles. The molecule has 19 heavy (non-hydrogen) atoms. The van der Waals surface area contributed by atoms with Crippen molar-refractivity contribution in [2.75, 3.05) is 13.1 Å². The monoisotopic (exact) mass is 266 g/mol. The predicted octanol–water partition coefficient (Wildman–Crippen LogP) is 0.984. The fraction of sp³-hybridized carbons (Fsp3) is 0.857. The number of hydrogen-bond acceptors (Lipinski definition) is 3. The molecule has 2 aliphatic carbocycles. The first kappa shape index (κ1) is 12.9. The average molecular weight is 266 g/mol. The van der Waals surface area contributed by atoms with E-state index in [1.807, 2.05) is 4.90 Å². The summed E-state index contributed by atoms with van der Waals surface area (Å²) in [5.74, 6) is 0.233. The Labute approximate surface area is 113 Å². The third kappa shape index (κ3) is 2.91. The molecule has 3 fully saturated rings. The normalized spacial score (nSPS) is 30.0. The lowest BCUT2D eigenvalue weighted by molar-refractivity contribution is -0.141. The van der Waals surface area contributed by atoms with Gasteiger partial charge in [0.2, 0.25) is 5.91 Å². The van der Waals surface area contributed by atoms with Crippen molar-refractivity contribution in [2.45, 2.75) is 56.5 Å². The lowest BCUT2D eigenvalue weighted by atomic mass is 10.1. The summed E-state index contributed by atoms with van der Waals surface area (Å²) in [7, 11) is 0. The van der Waals surface area contributed by atoms with E-state index in [0.29, 0.717) is 6.42 Å². The highest BCUT2D eigenvalue weighted by molar-refractivity contribution is 5.82. The number of amides is 1. The Morgan fingerprint density at radius 3 is 2.63 bits per heavy atom. The number of carbonyl (C=O) groups is 2. The van der Waals surface area contributed by atoms with Gasteiger partial charge in [0.1, 0.15) is 5.54 Å². The van der Waals surface area contributed by atoms with Gasteiger partial charge >= 0.3 is 5.97 Å². The summed E-state index contributed by atoms with van der Waals surface area (Å²) >= 11 is 0. The Morgan fingerprint density at radius 2 is 2.05 bits per heavy atom. The Morgan fingerprint density at radius 1 is 1.32 bits per heavy atom. The number of rotatable bonds is 5. The van der Waals surface area contributed by atoms with Crippen LogP contribution in [0.15, 0.2) is 0 Å². The molecule has 0 aromatic heterocycles. The van der Waals surface area contributed by atoms with Gasteiger partial charge in [-0.1, -0.05) is 0 Å². The molecular formula is C14H22N2O3. The SMILES string of the molecule is O=C1CC[C@@H](NC2(C(=O)O)CC2)CCN1CC1CC1. The van der Waals surface area contributed by atoms with E-state index in [1.165, 1.54) is 12.8 Å². The van der Waals surface area contributed by atoms with Crippen LogP contribution in [-0.4, -0.2) is 46.6 Å². The van der Waals surface area contributed by atoms with Gasteiger partial charge in [-0.2, -0.15) is 0 Å². The molecule has 0 spiro atoms. The molecule has 1 atom stereocenters. The van der Waals surface area contributed by atoms with Crippen molar-refractivity contribution in [2.24, 2.45) is 5.92 Å². The van der Waals surface area contributed by atoms with E-state index in [1.54, 1.807) is 0 Å². The molecule has 2 saturated carbocycles. The van der Waals surface area contributed by atoms with Gasteiger partial charge in [-0.05, 0) is 44.4 Å².